The second kappa shape index (κ2) is 18.0. The van der Waals surface area contributed by atoms with Crippen molar-refractivity contribution in [3.63, 3.8) is 0 Å². The Morgan fingerprint density at radius 3 is 2.17 bits per heavy atom. The van der Waals surface area contributed by atoms with Gasteiger partial charge in [0, 0.05) is 37.3 Å². The Hall–Kier alpha value is -3.46. The van der Waals surface area contributed by atoms with Gasteiger partial charge in [0.15, 0.2) is 5.96 Å². The van der Waals surface area contributed by atoms with Crippen molar-refractivity contribution in [2.24, 2.45) is 4.99 Å². The molecule has 8 heteroatoms. The lowest BCUT2D eigenvalue weighted by atomic mass is 10.0. The Morgan fingerprint density at radius 1 is 0.846 bits per heavy atom. The van der Waals surface area contributed by atoms with Crippen LogP contribution in [0.15, 0.2) is 89.9 Å². The van der Waals surface area contributed by atoms with Gasteiger partial charge in [-0.1, -0.05) is 133 Å². The monoisotopic (exact) mass is 721 g/mol. The molecule has 2 N–H and O–H groups in total. The largest absolute Gasteiger partial charge is 0.405 e. The first-order valence-corrected chi connectivity index (χ1v) is 22.2. The van der Waals surface area contributed by atoms with E-state index >= 15 is 0 Å². The fourth-order valence-corrected chi connectivity index (χ4v) is 13.2. The zero-order chi connectivity index (χ0) is 36.4. The molecule has 6 rings (SSSR count). The van der Waals surface area contributed by atoms with Crippen LogP contribution in [0.3, 0.4) is 0 Å². The Balaban J connectivity index is 1.03. The number of rotatable bonds is 16. The van der Waals surface area contributed by atoms with Gasteiger partial charge in [0.1, 0.15) is 0 Å². The topological polar surface area (TPSA) is 69.2 Å². The third kappa shape index (κ3) is 9.18. The predicted molar refractivity (Wildman–Crippen MR) is 218 cm³/mol. The molecule has 3 aromatic carbocycles. The molecular formula is C44H63N5O2Si. The van der Waals surface area contributed by atoms with Crippen LogP contribution in [0.25, 0.3) is 0 Å². The van der Waals surface area contributed by atoms with Gasteiger partial charge in [0.05, 0.1) is 12.6 Å². The molecule has 0 unspecified atom stereocenters. The van der Waals surface area contributed by atoms with Crippen molar-refractivity contribution in [1.82, 2.24) is 20.4 Å². The quantitative estimate of drug-likeness (QED) is 0.120. The average Bonchev–Trinajstić information content (AvgIpc) is 3.64. The summed E-state index contributed by atoms with van der Waals surface area (Å²) in [5.74, 6) is 0.938. The Bertz CT molecular complexity index is 1540. The predicted octanol–water partition coefficient (Wildman–Crippen LogP) is 7.28. The van der Waals surface area contributed by atoms with Crippen LogP contribution in [0, 0.1) is 0 Å². The standard InChI is InChI=1S/C44H63N5O2Si/c1-5-6-7-8-9-16-29-48-30-17-22-41(48)35-23-25-36(26-24-35)42(50)45-33-37-27-31-49-32-28-38(47-43(49)46-37)34-51-52(44(2,3)4,39-18-12-10-13-19-39)40-20-14-11-15-21-40/h10-15,18-21,23-26,37-38,41H,5-9,16-17,22,27-34H2,1-4H3,(H,45,50)(H,46,47)/t37-,38-,41-/m1/s1. The SMILES string of the molecule is CCCCCCCCN1CCC[C@@H]1c1ccc(C(=O)NC[C@H]2CCN3CC[C@H](CO[Si](c4ccccc4)(c4ccccc4)C(C)(C)C)N=C3N2)cc1. The first kappa shape index (κ1) is 38.3. The number of guanidine groups is 1. The molecule has 3 heterocycles. The van der Waals surface area contributed by atoms with Crippen molar-refractivity contribution in [3.8, 4) is 0 Å². The van der Waals surface area contributed by atoms with E-state index in [1.165, 1.54) is 80.4 Å². The maximum absolute atomic E-state index is 13.3. The highest BCUT2D eigenvalue weighted by Crippen LogP contribution is 2.37. The highest BCUT2D eigenvalue weighted by atomic mass is 28.4. The van der Waals surface area contributed by atoms with E-state index in [2.05, 4.69) is 121 Å². The zero-order valence-electron chi connectivity index (χ0n) is 32.3. The number of benzene rings is 3. The molecule has 280 valence electrons. The van der Waals surface area contributed by atoms with Crippen molar-refractivity contribution in [2.75, 3.05) is 39.3 Å². The van der Waals surface area contributed by atoms with Crippen LogP contribution in [0.1, 0.15) is 114 Å². The third-order valence-corrected chi connectivity index (χ3v) is 16.6. The summed E-state index contributed by atoms with van der Waals surface area (Å²) in [7, 11) is -2.63. The number of nitrogens with zero attached hydrogens (tertiary/aromatic N) is 3. The van der Waals surface area contributed by atoms with E-state index in [1.807, 2.05) is 12.1 Å². The molecule has 2 fully saturated rings. The molecular weight excluding hydrogens is 659 g/mol. The summed E-state index contributed by atoms with van der Waals surface area (Å²) in [6.07, 6.45) is 12.4. The molecule has 3 aliphatic heterocycles. The molecule has 3 atom stereocenters. The van der Waals surface area contributed by atoms with Gasteiger partial charge in [-0.15, -0.1) is 0 Å². The van der Waals surface area contributed by atoms with Gasteiger partial charge in [0.25, 0.3) is 14.2 Å². The number of amides is 1. The average molecular weight is 722 g/mol. The summed E-state index contributed by atoms with van der Waals surface area (Å²) in [5.41, 5.74) is 2.08. The van der Waals surface area contributed by atoms with Crippen LogP contribution < -0.4 is 21.0 Å². The van der Waals surface area contributed by atoms with E-state index in [-0.39, 0.29) is 23.0 Å². The molecule has 1 amide bonds. The molecule has 7 nitrogen and oxygen atoms in total. The number of nitrogens with one attached hydrogen (secondary N) is 2. The number of hydrogen-bond donors (Lipinski definition) is 2. The van der Waals surface area contributed by atoms with E-state index < -0.39 is 8.32 Å². The molecule has 2 saturated heterocycles. The molecule has 52 heavy (non-hydrogen) atoms. The molecule has 3 aromatic rings. The summed E-state index contributed by atoms with van der Waals surface area (Å²) >= 11 is 0. The Kier molecular flexibility index (Phi) is 13.3. The van der Waals surface area contributed by atoms with Gasteiger partial charge < -0.3 is 20.0 Å². The van der Waals surface area contributed by atoms with Crippen molar-refractivity contribution >= 4 is 30.6 Å². The maximum Gasteiger partial charge on any atom is 0.261 e. The maximum atomic E-state index is 13.3. The second-order valence-corrected chi connectivity index (χ2v) is 20.6. The van der Waals surface area contributed by atoms with E-state index in [0.29, 0.717) is 19.2 Å². The normalized spacial score (nSPS) is 21.0. The zero-order valence-corrected chi connectivity index (χ0v) is 33.3. The van der Waals surface area contributed by atoms with Crippen LogP contribution in [0.2, 0.25) is 5.04 Å². The van der Waals surface area contributed by atoms with Crippen molar-refractivity contribution in [1.29, 1.82) is 0 Å². The van der Waals surface area contributed by atoms with E-state index in [0.717, 1.165) is 37.5 Å². The summed E-state index contributed by atoms with van der Waals surface area (Å²) < 4.78 is 7.25. The van der Waals surface area contributed by atoms with Crippen LogP contribution in [0.4, 0.5) is 0 Å². The fourth-order valence-electron chi connectivity index (χ4n) is 8.64. The summed E-state index contributed by atoms with van der Waals surface area (Å²) in [6, 6.07) is 30.8. The highest BCUT2D eigenvalue weighted by Gasteiger charge is 2.50. The molecule has 0 aliphatic carbocycles. The van der Waals surface area contributed by atoms with Crippen LogP contribution in [-0.2, 0) is 4.43 Å². The van der Waals surface area contributed by atoms with Crippen LogP contribution in [-0.4, -0.2) is 81.4 Å². The summed E-state index contributed by atoms with van der Waals surface area (Å²) in [5, 5.41) is 9.41. The van der Waals surface area contributed by atoms with E-state index in [4.69, 9.17) is 9.42 Å². The summed E-state index contributed by atoms with van der Waals surface area (Å²) in [6.45, 7) is 14.7. The number of unbranched alkanes of at least 4 members (excludes halogenated alkanes) is 5. The lowest BCUT2D eigenvalue weighted by molar-refractivity contribution is 0.0948. The number of likely N-dealkylation sites (tertiary alicyclic amines) is 1. The number of carbonyl (C=O) groups excluding carboxylic acids is 1. The summed E-state index contributed by atoms with van der Waals surface area (Å²) in [4.78, 5) is 23.5. The van der Waals surface area contributed by atoms with E-state index in [1.54, 1.807) is 0 Å². The van der Waals surface area contributed by atoms with Gasteiger partial charge in [-0.25, -0.2) is 4.99 Å². The minimum absolute atomic E-state index is 0.00620. The number of aliphatic imine (C=N–C) groups is 1. The first-order valence-electron chi connectivity index (χ1n) is 20.2. The fraction of sp³-hybridized carbons (Fsp3) is 0.545. The van der Waals surface area contributed by atoms with Crippen LogP contribution >= 0.6 is 0 Å². The number of carbonyl (C=O) groups is 1. The van der Waals surface area contributed by atoms with Crippen molar-refractivity contribution < 1.29 is 9.22 Å². The number of fused-ring (bicyclic) bond motifs is 1. The van der Waals surface area contributed by atoms with E-state index in [9.17, 15) is 4.79 Å². The molecule has 0 radical (unpaired) electrons. The smallest absolute Gasteiger partial charge is 0.261 e. The first-order chi connectivity index (χ1) is 25.3. The van der Waals surface area contributed by atoms with Gasteiger partial charge in [0.2, 0.25) is 0 Å². The number of hydrogen-bond acceptors (Lipinski definition) is 6. The molecule has 0 aromatic heterocycles. The lowest BCUT2D eigenvalue weighted by Gasteiger charge is -2.44. The minimum atomic E-state index is -2.63. The van der Waals surface area contributed by atoms with Gasteiger partial charge in [-0.05, 0) is 78.3 Å². The van der Waals surface area contributed by atoms with Crippen molar-refractivity contribution in [3.05, 3.63) is 96.1 Å². The second-order valence-electron chi connectivity index (χ2n) is 16.3. The lowest BCUT2D eigenvalue weighted by Crippen LogP contribution is -2.67. The molecule has 0 spiro atoms. The van der Waals surface area contributed by atoms with Gasteiger partial charge in [-0.2, -0.15) is 0 Å². The molecule has 0 saturated carbocycles. The van der Waals surface area contributed by atoms with Crippen molar-refractivity contribution in [2.45, 2.75) is 115 Å². The van der Waals surface area contributed by atoms with Crippen LogP contribution in [0.5, 0.6) is 0 Å². The molecule has 3 aliphatic rings. The minimum Gasteiger partial charge on any atom is -0.405 e. The Morgan fingerprint density at radius 2 is 1.50 bits per heavy atom. The molecule has 0 bridgehead atoms. The highest BCUT2D eigenvalue weighted by molar-refractivity contribution is 6.99. The van der Waals surface area contributed by atoms with Gasteiger partial charge in [-0.3, -0.25) is 9.69 Å². The third-order valence-electron chi connectivity index (χ3n) is 11.6. The Labute approximate surface area is 314 Å². The van der Waals surface area contributed by atoms with Gasteiger partial charge >= 0.3 is 0 Å².